The Morgan fingerprint density at radius 1 is 1.20 bits per heavy atom. The second-order valence-electron chi connectivity index (χ2n) is 7.09. The minimum Gasteiger partial charge on any atom is -0.486 e. The number of aromatic nitrogens is 3. The normalized spacial score (nSPS) is 11.9. The lowest BCUT2D eigenvalue weighted by Crippen LogP contribution is -2.24. The Labute approximate surface area is 178 Å². The fourth-order valence-corrected chi connectivity index (χ4v) is 3.57. The molecule has 0 bridgehead atoms. The van der Waals surface area contributed by atoms with E-state index in [-0.39, 0.29) is 18.3 Å². The summed E-state index contributed by atoms with van der Waals surface area (Å²) >= 11 is 1.16. The second-order valence-corrected chi connectivity index (χ2v) is 8.40. The van der Waals surface area contributed by atoms with Crippen LogP contribution in [0.1, 0.15) is 29.4 Å². The minimum absolute atomic E-state index is 0.149. The van der Waals surface area contributed by atoms with Crippen LogP contribution in [0, 0.1) is 26.6 Å². The van der Waals surface area contributed by atoms with Crippen LogP contribution in [0.4, 0.5) is 10.1 Å². The molecule has 1 aromatic heterocycles. The molecular formula is C21H24FN5O2S. The van der Waals surface area contributed by atoms with Gasteiger partial charge in [-0.15, -0.1) is 10.2 Å². The van der Waals surface area contributed by atoms with Crippen molar-refractivity contribution in [3.05, 3.63) is 64.7 Å². The van der Waals surface area contributed by atoms with Crippen molar-refractivity contribution in [3.8, 4) is 5.75 Å². The van der Waals surface area contributed by atoms with E-state index in [2.05, 4.69) is 21.6 Å². The summed E-state index contributed by atoms with van der Waals surface area (Å²) in [6.45, 7) is 7.52. The molecule has 30 heavy (non-hydrogen) atoms. The number of halogens is 1. The first-order valence-electron chi connectivity index (χ1n) is 9.37. The maximum absolute atomic E-state index is 13.7. The number of hydrogen-bond donors (Lipinski definition) is 2. The third-order valence-corrected chi connectivity index (χ3v) is 5.45. The molecule has 3 rings (SSSR count). The summed E-state index contributed by atoms with van der Waals surface area (Å²) in [5, 5.41) is 10.7. The van der Waals surface area contributed by atoms with Crippen LogP contribution in [0.3, 0.4) is 0 Å². The summed E-state index contributed by atoms with van der Waals surface area (Å²) in [6.07, 6.45) is 0. The molecule has 0 saturated carbocycles. The number of nitrogens with one attached hydrogen (secondary N) is 1. The molecule has 1 amide bonds. The van der Waals surface area contributed by atoms with Gasteiger partial charge in [0.2, 0.25) is 11.1 Å². The first-order valence-corrected chi connectivity index (χ1v) is 10.2. The average Bonchev–Trinajstić information content (AvgIpc) is 3.02. The van der Waals surface area contributed by atoms with Crippen LogP contribution < -0.4 is 15.9 Å². The zero-order valence-electron chi connectivity index (χ0n) is 17.3. The van der Waals surface area contributed by atoms with E-state index in [0.29, 0.717) is 22.2 Å². The molecule has 0 spiro atoms. The Kier molecular flexibility index (Phi) is 6.61. The highest BCUT2D eigenvalue weighted by atomic mass is 32.2. The van der Waals surface area contributed by atoms with Gasteiger partial charge in [0.25, 0.3) is 0 Å². The standard InChI is InChI=1S/C21H24FN5O2S/c1-12-7-13(2)9-17(8-12)29-11-19-25-26-21(27(19)23)30-15(4)20(28)24-16-6-5-14(3)18(22)10-16/h5-10,15H,11,23H2,1-4H3,(H,24,28). The first-order chi connectivity index (χ1) is 14.2. The lowest BCUT2D eigenvalue weighted by Gasteiger charge is -2.12. The first kappa shape index (κ1) is 21.6. The molecule has 9 heteroatoms. The second kappa shape index (κ2) is 9.17. The lowest BCUT2D eigenvalue weighted by molar-refractivity contribution is -0.115. The van der Waals surface area contributed by atoms with Crippen molar-refractivity contribution in [2.24, 2.45) is 0 Å². The number of nitrogen functional groups attached to an aromatic ring is 1. The maximum atomic E-state index is 13.7. The Morgan fingerprint density at radius 3 is 2.57 bits per heavy atom. The SMILES string of the molecule is Cc1cc(C)cc(OCc2nnc(SC(C)C(=O)Nc3ccc(C)c(F)c3)n2N)c1. The number of benzene rings is 2. The Morgan fingerprint density at radius 2 is 1.90 bits per heavy atom. The highest BCUT2D eigenvalue weighted by molar-refractivity contribution is 8.00. The molecule has 0 radical (unpaired) electrons. The van der Waals surface area contributed by atoms with Gasteiger partial charge >= 0.3 is 0 Å². The van der Waals surface area contributed by atoms with E-state index in [4.69, 9.17) is 10.6 Å². The van der Waals surface area contributed by atoms with E-state index < -0.39 is 5.25 Å². The van der Waals surface area contributed by atoms with Crippen LogP contribution in [-0.2, 0) is 11.4 Å². The molecule has 0 aliphatic heterocycles. The van der Waals surface area contributed by atoms with Gasteiger partial charge in [-0.05, 0) is 68.7 Å². The van der Waals surface area contributed by atoms with Crippen LogP contribution in [0.25, 0.3) is 0 Å². The van der Waals surface area contributed by atoms with Gasteiger partial charge < -0.3 is 15.9 Å². The highest BCUT2D eigenvalue weighted by Crippen LogP contribution is 2.23. The van der Waals surface area contributed by atoms with Crippen molar-refractivity contribution in [1.82, 2.24) is 14.9 Å². The topological polar surface area (TPSA) is 95.1 Å². The molecule has 0 aliphatic rings. The number of carbonyl (C=O) groups is 1. The van der Waals surface area contributed by atoms with E-state index in [1.807, 2.05) is 26.0 Å². The molecule has 158 valence electrons. The van der Waals surface area contributed by atoms with Gasteiger partial charge in [0, 0.05) is 5.69 Å². The summed E-state index contributed by atoms with van der Waals surface area (Å²) in [5.74, 6) is 6.57. The average molecular weight is 430 g/mol. The summed E-state index contributed by atoms with van der Waals surface area (Å²) in [7, 11) is 0. The monoisotopic (exact) mass is 429 g/mol. The third-order valence-electron chi connectivity index (χ3n) is 4.39. The van der Waals surface area contributed by atoms with Crippen molar-refractivity contribution < 1.29 is 13.9 Å². The van der Waals surface area contributed by atoms with Crippen LogP contribution in [0.15, 0.2) is 41.6 Å². The van der Waals surface area contributed by atoms with E-state index in [9.17, 15) is 9.18 Å². The Bertz CT molecular complexity index is 1050. The van der Waals surface area contributed by atoms with Gasteiger partial charge in [-0.2, -0.15) is 0 Å². The molecule has 0 saturated heterocycles. The van der Waals surface area contributed by atoms with Crippen LogP contribution >= 0.6 is 11.8 Å². The fourth-order valence-electron chi connectivity index (χ4n) is 2.78. The number of nitrogens with zero attached hydrogens (tertiary/aromatic N) is 3. The van der Waals surface area contributed by atoms with Crippen LogP contribution in [0.5, 0.6) is 5.75 Å². The predicted octanol–water partition coefficient (Wildman–Crippen LogP) is 3.75. The van der Waals surface area contributed by atoms with E-state index >= 15 is 0 Å². The number of carbonyl (C=O) groups excluding carboxylic acids is 1. The van der Waals surface area contributed by atoms with Gasteiger partial charge in [0.15, 0.2) is 5.82 Å². The van der Waals surface area contributed by atoms with Crippen molar-refractivity contribution >= 4 is 23.4 Å². The van der Waals surface area contributed by atoms with Gasteiger partial charge in [-0.3, -0.25) is 4.79 Å². The number of amides is 1. The molecule has 1 unspecified atom stereocenters. The minimum atomic E-state index is -0.519. The number of hydrogen-bond acceptors (Lipinski definition) is 6. The summed E-state index contributed by atoms with van der Waals surface area (Å²) in [4.78, 5) is 12.4. The summed E-state index contributed by atoms with van der Waals surface area (Å²) in [6, 6.07) is 10.5. The van der Waals surface area contributed by atoms with Crippen molar-refractivity contribution in [2.45, 2.75) is 44.7 Å². The molecule has 3 aromatic rings. The zero-order valence-corrected chi connectivity index (χ0v) is 18.1. The smallest absolute Gasteiger partial charge is 0.237 e. The van der Waals surface area contributed by atoms with E-state index in [0.717, 1.165) is 28.6 Å². The van der Waals surface area contributed by atoms with E-state index in [1.54, 1.807) is 26.0 Å². The molecule has 1 heterocycles. The Hall–Kier alpha value is -3.07. The Balaban J connectivity index is 1.60. The maximum Gasteiger partial charge on any atom is 0.237 e. The van der Waals surface area contributed by atoms with Crippen LogP contribution in [-0.4, -0.2) is 26.0 Å². The van der Waals surface area contributed by atoms with Crippen molar-refractivity contribution in [2.75, 3.05) is 11.2 Å². The molecule has 1 atom stereocenters. The zero-order chi connectivity index (χ0) is 21.8. The van der Waals surface area contributed by atoms with Gasteiger partial charge in [0.05, 0.1) is 5.25 Å². The molecule has 3 N–H and O–H groups in total. The molecule has 7 nitrogen and oxygen atoms in total. The van der Waals surface area contributed by atoms with E-state index in [1.165, 1.54) is 10.7 Å². The van der Waals surface area contributed by atoms with Gasteiger partial charge in [-0.1, -0.05) is 23.9 Å². The molecule has 0 fully saturated rings. The lowest BCUT2D eigenvalue weighted by atomic mass is 10.1. The third kappa shape index (κ3) is 5.29. The van der Waals surface area contributed by atoms with Gasteiger partial charge in [0.1, 0.15) is 18.2 Å². The molecule has 0 aliphatic carbocycles. The number of thioether (sulfide) groups is 1. The van der Waals surface area contributed by atoms with Gasteiger partial charge in [-0.25, -0.2) is 9.07 Å². The number of ether oxygens (including phenoxy) is 1. The predicted molar refractivity (Wildman–Crippen MR) is 116 cm³/mol. The molecule has 2 aromatic carbocycles. The summed E-state index contributed by atoms with van der Waals surface area (Å²) in [5.41, 5.74) is 3.11. The number of nitrogens with two attached hydrogens (primary N) is 1. The summed E-state index contributed by atoms with van der Waals surface area (Å²) < 4.78 is 20.7. The van der Waals surface area contributed by atoms with Crippen molar-refractivity contribution in [1.29, 1.82) is 0 Å². The van der Waals surface area contributed by atoms with Crippen LogP contribution in [0.2, 0.25) is 0 Å². The number of anilines is 1. The highest BCUT2D eigenvalue weighted by Gasteiger charge is 2.20. The largest absolute Gasteiger partial charge is 0.486 e. The fraction of sp³-hybridized carbons (Fsp3) is 0.286. The quantitative estimate of drug-likeness (QED) is 0.439. The number of aryl methyl sites for hydroxylation is 3. The number of rotatable bonds is 7. The van der Waals surface area contributed by atoms with Crippen molar-refractivity contribution in [3.63, 3.8) is 0 Å². The molecular weight excluding hydrogens is 405 g/mol.